The van der Waals surface area contributed by atoms with Crippen LogP contribution in [0.4, 0.5) is 0 Å². The summed E-state index contributed by atoms with van der Waals surface area (Å²) in [5, 5.41) is 0. The SMILES string of the molecule is Cc1cc(CN)c(C)cn1. The Hall–Kier alpha value is -0.890. The lowest BCUT2D eigenvalue weighted by molar-refractivity contribution is 1.02. The van der Waals surface area contributed by atoms with Gasteiger partial charge in [0.25, 0.3) is 0 Å². The Labute approximate surface area is 61.1 Å². The molecule has 0 atom stereocenters. The molecule has 0 unspecified atom stereocenters. The fourth-order valence-electron chi connectivity index (χ4n) is 0.905. The molecule has 0 aliphatic carbocycles. The molecular weight excluding hydrogens is 124 g/mol. The summed E-state index contributed by atoms with van der Waals surface area (Å²) < 4.78 is 0. The zero-order valence-electron chi connectivity index (χ0n) is 6.39. The third kappa shape index (κ3) is 1.33. The molecule has 1 rings (SSSR count). The van der Waals surface area contributed by atoms with E-state index in [1.54, 1.807) is 0 Å². The lowest BCUT2D eigenvalue weighted by atomic mass is 10.1. The lowest BCUT2D eigenvalue weighted by Gasteiger charge is -2.01. The van der Waals surface area contributed by atoms with Gasteiger partial charge in [-0.2, -0.15) is 0 Å². The van der Waals surface area contributed by atoms with Crippen molar-refractivity contribution in [3.8, 4) is 0 Å². The predicted octanol–water partition coefficient (Wildman–Crippen LogP) is 1.16. The molecule has 10 heavy (non-hydrogen) atoms. The highest BCUT2D eigenvalue weighted by atomic mass is 14.7. The number of pyridine rings is 1. The van der Waals surface area contributed by atoms with Crippen molar-refractivity contribution in [1.29, 1.82) is 0 Å². The van der Waals surface area contributed by atoms with Gasteiger partial charge in [0.15, 0.2) is 0 Å². The molecule has 0 spiro atoms. The minimum atomic E-state index is 0.606. The number of rotatable bonds is 1. The van der Waals surface area contributed by atoms with E-state index in [1.807, 2.05) is 26.1 Å². The van der Waals surface area contributed by atoms with Crippen molar-refractivity contribution in [2.45, 2.75) is 20.4 Å². The number of aromatic nitrogens is 1. The Kier molecular flexibility index (Phi) is 2.02. The summed E-state index contributed by atoms with van der Waals surface area (Å²) in [5.41, 5.74) is 8.89. The van der Waals surface area contributed by atoms with Gasteiger partial charge >= 0.3 is 0 Å². The first-order chi connectivity index (χ1) is 4.74. The largest absolute Gasteiger partial charge is 0.326 e. The van der Waals surface area contributed by atoms with Gasteiger partial charge in [-0.3, -0.25) is 4.98 Å². The van der Waals surface area contributed by atoms with Crippen molar-refractivity contribution < 1.29 is 0 Å². The molecule has 0 bridgehead atoms. The lowest BCUT2D eigenvalue weighted by Crippen LogP contribution is -2.00. The first kappa shape index (κ1) is 7.22. The molecule has 0 aliphatic rings. The quantitative estimate of drug-likeness (QED) is 0.629. The standard InChI is InChI=1S/C8H12N2/c1-6-5-10-7(2)3-8(6)4-9/h3,5H,4,9H2,1-2H3. The van der Waals surface area contributed by atoms with Crippen LogP contribution in [0, 0.1) is 13.8 Å². The van der Waals surface area contributed by atoms with E-state index in [2.05, 4.69) is 4.98 Å². The first-order valence-electron chi connectivity index (χ1n) is 3.36. The molecular formula is C8H12N2. The summed E-state index contributed by atoms with van der Waals surface area (Å²) in [4.78, 5) is 4.13. The zero-order valence-corrected chi connectivity index (χ0v) is 6.39. The van der Waals surface area contributed by atoms with E-state index in [9.17, 15) is 0 Å². The maximum absolute atomic E-state index is 5.49. The van der Waals surface area contributed by atoms with Crippen molar-refractivity contribution in [1.82, 2.24) is 4.98 Å². The van der Waals surface area contributed by atoms with E-state index >= 15 is 0 Å². The van der Waals surface area contributed by atoms with Gasteiger partial charge in [-0.05, 0) is 31.0 Å². The van der Waals surface area contributed by atoms with Crippen LogP contribution in [0.5, 0.6) is 0 Å². The topological polar surface area (TPSA) is 38.9 Å². The van der Waals surface area contributed by atoms with Crippen LogP contribution < -0.4 is 5.73 Å². The molecule has 2 N–H and O–H groups in total. The first-order valence-corrected chi connectivity index (χ1v) is 3.36. The van der Waals surface area contributed by atoms with E-state index in [4.69, 9.17) is 5.73 Å². The number of hydrogen-bond donors (Lipinski definition) is 1. The minimum Gasteiger partial charge on any atom is -0.326 e. The van der Waals surface area contributed by atoms with Gasteiger partial charge in [-0.25, -0.2) is 0 Å². The summed E-state index contributed by atoms with van der Waals surface area (Å²) in [6.45, 7) is 4.60. The monoisotopic (exact) mass is 136 g/mol. The molecule has 0 saturated heterocycles. The number of aryl methyl sites for hydroxylation is 2. The van der Waals surface area contributed by atoms with Crippen molar-refractivity contribution in [3.05, 3.63) is 29.1 Å². The molecule has 1 aromatic heterocycles. The normalized spacial score (nSPS) is 9.90. The molecule has 1 heterocycles. The van der Waals surface area contributed by atoms with Gasteiger partial charge in [-0.15, -0.1) is 0 Å². The molecule has 0 radical (unpaired) electrons. The van der Waals surface area contributed by atoms with Gasteiger partial charge in [0.1, 0.15) is 0 Å². The van der Waals surface area contributed by atoms with Crippen LogP contribution in [0.1, 0.15) is 16.8 Å². The van der Waals surface area contributed by atoms with E-state index in [0.29, 0.717) is 6.54 Å². The molecule has 0 aromatic carbocycles. The number of hydrogen-bond acceptors (Lipinski definition) is 2. The molecule has 0 aliphatic heterocycles. The average molecular weight is 136 g/mol. The van der Waals surface area contributed by atoms with Crippen molar-refractivity contribution in [2.75, 3.05) is 0 Å². The van der Waals surface area contributed by atoms with Gasteiger partial charge in [0, 0.05) is 18.4 Å². The summed E-state index contributed by atoms with van der Waals surface area (Å²) in [6.07, 6.45) is 1.86. The minimum absolute atomic E-state index is 0.606. The third-order valence-electron chi connectivity index (χ3n) is 1.57. The predicted molar refractivity (Wildman–Crippen MR) is 41.6 cm³/mol. The molecule has 2 nitrogen and oxygen atoms in total. The molecule has 0 saturated carbocycles. The summed E-state index contributed by atoms with van der Waals surface area (Å²) >= 11 is 0. The highest BCUT2D eigenvalue weighted by Gasteiger charge is 1.94. The smallest absolute Gasteiger partial charge is 0.0376 e. The molecule has 2 heteroatoms. The summed E-state index contributed by atoms with van der Waals surface area (Å²) in [5.74, 6) is 0. The van der Waals surface area contributed by atoms with Crippen LogP contribution in [0.15, 0.2) is 12.3 Å². The maximum Gasteiger partial charge on any atom is 0.0376 e. The molecule has 0 amide bonds. The third-order valence-corrected chi connectivity index (χ3v) is 1.57. The van der Waals surface area contributed by atoms with Crippen LogP contribution >= 0.6 is 0 Å². The van der Waals surface area contributed by atoms with Gasteiger partial charge < -0.3 is 5.73 Å². The van der Waals surface area contributed by atoms with Crippen LogP contribution in [0.3, 0.4) is 0 Å². The van der Waals surface area contributed by atoms with Gasteiger partial charge in [0.05, 0.1) is 0 Å². The van der Waals surface area contributed by atoms with Crippen LogP contribution in [-0.4, -0.2) is 4.98 Å². The molecule has 54 valence electrons. The molecule has 1 aromatic rings. The van der Waals surface area contributed by atoms with Gasteiger partial charge in [-0.1, -0.05) is 0 Å². The summed E-state index contributed by atoms with van der Waals surface area (Å²) in [7, 11) is 0. The van der Waals surface area contributed by atoms with Crippen LogP contribution in [-0.2, 0) is 6.54 Å². The Balaban J connectivity index is 3.09. The Morgan fingerprint density at radius 1 is 1.50 bits per heavy atom. The van der Waals surface area contributed by atoms with E-state index < -0.39 is 0 Å². The Morgan fingerprint density at radius 2 is 2.20 bits per heavy atom. The Morgan fingerprint density at radius 3 is 2.70 bits per heavy atom. The van der Waals surface area contributed by atoms with Crippen molar-refractivity contribution in [3.63, 3.8) is 0 Å². The second-order valence-corrected chi connectivity index (χ2v) is 2.46. The second-order valence-electron chi connectivity index (χ2n) is 2.46. The van der Waals surface area contributed by atoms with Crippen molar-refractivity contribution >= 4 is 0 Å². The number of nitrogens with two attached hydrogens (primary N) is 1. The van der Waals surface area contributed by atoms with Crippen molar-refractivity contribution in [2.24, 2.45) is 5.73 Å². The zero-order chi connectivity index (χ0) is 7.56. The molecule has 0 fully saturated rings. The number of nitrogens with zero attached hydrogens (tertiary/aromatic N) is 1. The van der Waals surface area contributed by atoms with E-state index in [0.717, 1.165) is 5.69 Å². The van der Waals surface area contributed by atoms with E-state index in [1.165, 1.54) is 11.1 Å². The maximum atomic E-state index is 5.49. The second kappa shape index (κ2) is 2.80. The van der Waals surface area contributed by atoms with Crippen LogP contribution in [0.25, 0.3) is 0 Å². The fraction of sp³-hybridized carbons (Fsp3) is 0.375. The van der Waals surface area contributed by atoms with Crippen LogP contribution in [0.2, 0.25) is 0 Å². The fourth-order valence-corrected chi connectivity index (χ4v) is 0.905. The summed E-state index contributed by atoms with van der Waals surface area (Å²) in [6, 6.07) is 2.02. The van der Waals surface area contributed by atoms with Gasteiger partial charge in [0.2, 0.25) is 0 Å². The van der Waals surface area contributed by atoms with E-state index in [-0.39, 0.29) is 0 Å². The highest BCUT2D eigenvalue weighted by molar-refractivity contribution is 5.24. The highest BCUT2D eigenvalue weighted by Crippen LogP contribution is 2.05. The Bertz CT molecular complexity index is 231. The average Bonchev–Trinajstić information content (AvgIpc) is 1.94.